The molecule has 8 heteroatoms. The molecule has 0 spiro atoms. The number of nitrogens with two attached hydrogens (primary N) is 1. The normalized spacial score (nSPS) is 11.5. The minimum Gasteiger partial charge on any atom is -0.492 e. The van der Waals surface area contributed by atoms with Crippen molar-refractivity contribution in [2.45, 2.75) is 6.18 Å². The number of nitrogens with zero attached hydrogens (tertiary/aromatic N) is 1. The van der Waals surface area contributed by atoms with Crippen LogP contribution in [-0.4, -0.2) is 43.7 Å². The van der Waals surface area contributed by atoms with E-state index in [-0.39, 0.29) is 13.2 Å². The molecule has 0 aliphatic rings. The van der Waals surface area contributed by atoms with Crippen LogP contribution in [0.3, 0.4) is 0 Å². The van der Waals surface area contributed by atoms with Crippen molar-refractivity contribution in [3.8, 4) is 5.75 Å². The molecule has 112 valence electrons. The second-order valence-corrected chi connectivity index (χ2v) is 4.20. The molecule has 0 aromatic heterocycles. The first-order valence-corrected chi connectivity index (χ1v) is 5.81. The van der Waals surface area contributed by atoms with Gasteiger partial charge in [0.25, 0.3) is 5.91 Å². The van der Waals surface area contributed by atoms with Gasteiger partial charge in [-0.2, -0.15) is 13.2 Å². The van der Waals surface area contributed by atoms with Gasteiger partial charge in [0.2, 0.25) is 0 Å². The summed E-state index contributed by atoms with van der Waals surface area (Å²) in [6.45, 7) is -0.717. The van der Waals surface area contributed by atoms with E-state index in [0.29, 0.717) is 11.3 Å². The van der Waals surface area contributed by atoms with Crippen molar-refractivity contribution in [1.29, 1.82) is 0 Å². The van der Waals surface area contributed by atoms with Gasteiger partial charge in [-0.25, -0.2) is 5.84 Å². The number of nitrogen functional groups attached to an aromatic ring is 1. The van der Waals surface area contributed by atoms with Gasteiger partial charge < -0.3 is 4.74 Å². The number of alkyl halides is 3. The van der Waals surface area contributed by atoms with Gasteiger partial charge in [0.05, 0.1) is 6.54 Å². The quantitative estimate of drug-likeness (QED) is 0.469. The lowest BCUT2D eigenvalue weighted by Crippen LogP contribution is -2.33. The summed E-state index contributed by atoms with van der Waals surface area (Å²) in [6, 6.07) is 6.12. The van der Waals surface area contributed by atoms with Gasteiger partial charge in [-0.15, -0.1) is 0 Å². The number of halogens is 3. The number of likely N-dealkylation sites (N-methyl/N-ethyl adjacent to an activating group) is 1. The number of ether oxygens (including phenoxy) is 1. The summed E-state index contributed by atoms with van der Waals surface area (Å²) < 4.78 is 41.5. The third-order valence-electron chi connectivity index (χ3n) is 2.44. The fraction of sp³-hybridized carbons (Fsp3) is 0.417. The van der Waals surface area contributed by atoms with E-state index in [9.17, 15) is 18.0 Å². The molecule has 0 fully saturated rings. The first kappa shape index (κ1) is 16.3. The number of amides is 1. The first-order chi connectivity index (χ1) is 9.31. The van der Waals surface area contributed by atoms with Crippen LogP contribution in [-0.2, 0) is 0 Å². The number of rotatable bonds is 6. The molecule has 20 heavy (non-hydrogen) atoms. The van der Waals surface area contributed by atoms with Crippen LogP contribution >= 0.6 is 0 Å². The van der Waals surface area contributed by atoms with Gasteiger partial charge in [0, 0.05) is 12.1 Å². The highest BCUT2D eigenvalue weighted by Gasteiger charge is 2.28. The minimum absolute atomic E-state index is 0.120. The topological polar surface area (TPSA) is 67.6 Å². The molecular formula is C12H16F3N3O2. The Labute approximate surface area is 114 Å². The zero-order chi connectivity index (χ0) is 15.2. The number of carbonyl (C=O) groups is 1. The van der Waals surface area contributed by atoms with Crippen LogP contribution in [0.1, 0.15) is 10.4 Å². The van der Waals surface area contributed by atoms with Crippen molar-refractivity contribution in [2.24, 2.45) is 5.84 Å². The van der Waals surface area contributed by atoms with Crippen molar-refractivity contribution in [3.63, 3.8) is 0 Å². The van der Waals surface area contributed by atoms with Gasteiger partial charge >= 0.3 is 6.18 Å². The molecule has 0 unspecified atom stereocenters. The molecule has 0 heterocycles. The maximum atomic E-state index is 12.1. The number of nitrogens with one attached hydrogen (secondary N) is 1. The number of benzene rings is 1. The van der Waals surface area contributed by atoms with Crippen molar-refractivity contribution in [2.75, 3.05) is 26.7 Å². The van der Waals surface area contributed by atoms with Crippen LogP contribution < -0.4 is 16.0 Å². The summed E-state index contributed by atoms with van der Waals surface area (Å²) in [7, 11) is 1.37. The maximum Gasteiger partial charge on any atom is 0.401 e. The highest BCUT2D eigenvalue weighted by Crippen LogP contribution is 2.16. The minimum atomic E-state index is -4.22. The van der Waals surface area contributed by atoms with Gasteiger partial charge in [0.15, 0.2) is 0 Å². The molecule has 0 saturated heterocycles. The Morgan fingerprint density at radius 1 is 1.35 bits per heavy atom. The second kappa shape index (κ2) is 7.11. The van der Waals surface area contributed by atoms with Crippen LogP contribution in [0.15, 0.2) is 24.3 Å². The fourth-order valence-corrected chi connectivity index (χ4v) is 1.49. The fourth-order valence-electron chi connectivity index (χ4n) is 1.49. The molecule has 0 saturated carbocycles. The molecule has 3 N–H and O–H groups in total. The maximum absolute atomic E-state index is 12.1. The van der Waals surface area contributed by atoms with E-state index < -0.39 is 18.6 Å². The van der Waals surface area contributed by atoms with Crippen LogP contribution in [0.2, 0.25) is 0 Å². The van der Waals surface area contributed by atoms with Crippen LogP contribution in [0, 0.1) is 0 Å². The molecule has 1 aromatic rings. The van der Waals surface area contributed by atoms with Crippen molar-refractivity contribution in [3.05, 3.63) is 29.8 Å². The van der Waals surface area contributed by atoms with Crippen LogP contribution in [0.4, 0.5) is 13.2 Å². The van der Waals surface area contributed by atoms with Crippen molar-refractivity contribution in [1.82, 2.24) is 10.3 Å². The molecule has 0 radical (unpaired) electrons. The summed E-state index contributed by atoms with van der Waals surface area (Å²) in [4.78, 5) is 12.3. The number of hydrazine groups is 1. The summed E-state index contributed by atoms with van der Waals surface area (Å²) in [5.41, 5.74) is 2.36. The molecule has 1 aromatic carbocycles. The number of carbonyl (C=O) groups excluding carboxylic acids is 1. The molecule has 0 aliphatic carbocycles. The molecular weight excluding hydrogens is 275 g/mol. The Kier molecular flexibility index (Phi) is 5.78. The molecule has 1 amide bonds. The summed E-state index contributed by atoms with van der Waals surface area (Å²) in [6.07, 6.45) is -4.22. The molecule has 0 aliphatic heterocycles. The van der Waals surface area contributed by atoms with Crippen molar-refractivity contribution >= 4 is 5.91 Å². The van der Waals surface area contributed by atoms with E-state index >= 15 is 0 Å². The molecule has 5 nitrogen and oxygen atoms in total. The van der Waals surface area contributed by atoms with E-state index in [0.717, 1.165) is 4.90 Å². The van der Waals surface area contributed by atoms with Crippen molar-refractivity contribution < 1.29 is 22.7 Å². The average Bonchev–Trinajstić information content (AvgIpc) is 2.36. The zero-order valence-electron chi connectivity index (χ0n) is 10.9. The number of hydrogen-bond donors (Lipinski definition) is 2. The predicted octanol–water partition coefficient (Wildman–Crippen LogP) is 1.16. The summed E-state index contributed by atoms with van der Waals surface area (Å²) in [5, 5.41) is 0. The largest absolute Gasteiger partial charge is 0.492 e. The van der Waals surface area contributed by atoms with Gasteiger partial charge in [-0.1, -0.05) is 0 Å². The lowest BCUT2D eigenvalue weighted by Gasteiger charge is -2.18. The van der Waals surface area contributed by atoms with Crippen LogP contribution in [0.25, 0.3) is 0 Å². The van der Waals surface area contributed by atoms with Gasteiger partial charge in [0.1, 0.15) is 12.4 Å². The highest BCUT2D eigenvalue weighted by molar-refractivity contribution is 5.93. The molecule has 1 rings (SSSR count). The Morgan fingerprint density at radius 3 is 2.45 bits per heavy atom. The first-order valence-electron chi connectivity index (χ1n) is 5.81. The standard InChI is InChI=1S/C12H16F3N3O2/c1-18(8-12(13,14)15)6-7-20-10-4-2-9(3-5-10)11(19)17-16/h2-5H,6-8,16H2,1H3,(H,17,19). The SMILES string of the molecule is CN(CCOc1ccc(C(=O)NN)cc1)CC(F)(F)F. The Balaban J connectivity index is 2.37. The van der Waals surface area contributed by atoms with Gasteiger partial charge in [-0.05, 0) is 31.3 Å². The smallest absolute Gasteiger partial charge is 0.401 e. The van der Waals surface area contributed by atoms with E-state index in [1.807, 2.05) is 5.43 Å². The molecule has 0 bridgehead atoms. The average molecular weight is 291 g/mol. The molecule has 0 atom stereocenters. The van der Waals surface area contributed by atoms with Crippen LogP contribution in [0.5, 0.6) is 5.75 Å². The predicted molar refractivity (Wildman–Crippen MR) is 67.1 cm³/mol. The third kappa shape index (κ3) is 5.89. The third-order valence-corrected chi connectivity index (χ3v) is 2.44. The van der Waals surface area contributed by atoms with Gasteiger partial charge in [-0.3, -0.25) is 15.1 Å². The Hall–Kier alpha value is -1.80. The van der Waals surface area contributed by atoms with E-state index in [1.165, 1.54) is 19.2 Å². The highest BCUT2D eigenvalue weighted by atomic mass is 19.4. The monoisotopic (exact) mass is 291 g/mol. The second-order valence-electron chi connectivity index (χ2n) is 4.20. The van der Waals surface area contributed by atoms with E-state index in [2.05, 4.69) is 0 Å². The Bertz CT molecular complexity index is 435. The lowest BCUT2D eigenvalue weighted by molar-refractivity contribution is -0.143. The van der Waals surface area contributed by atoms with E-state index in [1.54, 1.807) is 12.1 Å². The lowest BCUT2D eigenvalue weighted by atomic mass is 10.2. The summed E-state index contributed by atoms with van der Waals surface area (Å²) in [5.74, 6) is 5.02. The summed E-state index contributed by atoms with van der Waals surface area (Å²) >= 11 is 0. The number of hydrogen-bond acceptors (Lipinski definition) is 4. The zero-order valence-corrected chi connectivity index (χ0v) is 10.9. The Morgan fingerprint density at radius 2 is 1.95 bits per heavy atom. The van der Waals surface area contributed by atoms with E-state index in [4.69, 9.17) is 10.6 Å².